The minimum absolute atomic E-state index is 0.0613. The number of hydrogen-bond acceptors (Lipinski definition) is 6. The molecule has 0 saturated carbocycles. The number of aliphatic hydroxyl groups excluding tert-OH is 1. The minimum atomic E-state index is -0.964. The van der Waals surface area contributed by atoms with Crippen LogP contribution >= 0.6 is 11.6 Å². The molecule has 1 amide bonds. The Morgan fingerprint density at radius 1 is 1.30 bits per heavy atom. The molecular weight excluding hydrogens is 410 g/mol. The monoisotopic (exact) mass is 433 g/mol. The standard InChI is InChI=1S/C21H24ClN3O5/c1-12(26)24-16-10-15-18(11-17(16)25(28)29)30-21(2,3)20(27)19(15)23-9-8-13-4-6-14(22)7-5-13/h4-7,10-11,19-20,23,27H,8-9H2,1-3H3,(H,24,26)/t19-,20+/m1/s1. The van der Waals surface area contributed by atoms with Gasteiger partial charge in [0.2, 0.25) is 5.91 Å². The predicted molar refractivity (Wildman–Crippen MR) is 114 cm³/mol. The van der Waals surface area contributed by atoms with Crippen LogP contribution in [0.3, 0.4) is 0 Å². The maximum absolute atomic E-state index is 11.5. The number of rotatable bonds is 6. The molecule has 0 aliphatic carbocycles. The van der Waals surface area contributed by atoms with Crippen LogP contribution in [0.15, 0.2) is 36.4 Å². The van der Waals surface area contributed by atoms with Crippen LogP contribution in [-0.4, -0.2) is 34.2 Å². The Morgan fingerprint density at radius 3 is 2.57 bits per heavy atom. The lowest BCUT2D eigenvalue weighted by Crippen LogP contribution is -2.52. The smallest absolute Gasteiger partial charge is 0.296 e. The predicted octanol–water partition coefficient (Wildman–Crippen LogP) is 3.61. The van der Waals surface area contributed by atoms with Gasteiger partial charge < -0.3 is 20.5 Å². The van der Waals surface area contributed by atoms with Crippen LogP contribution in [0.25, 0.3) is 0 Å². The van der Waals surface area contributed by atoms with Crippen molar-refractivity contribution in [3.8, 4) is 5.75 Å². The Bertz CT molecular complexity index is 962. The number of carbonyl (C=O) groups is 1. The van der Waals surface area contributed by atoms with Crippen LogP contribution in [0.5, 0.6) is 5.75 Å². The second-order valence-electron chi connectivity index (χ2n) is 7.80. The first kappa shape index (κ1) is 22.0. The number of ether oxygens (including phenoxy) is 1. The van der Waals surface area contributed by atoms with Gasteiger partial charge in [-0.05, 0) is 50.6 Å². The van der Waals surface area contributed by atoms with Crippen molar-refractivity contribution in [2.45, 2.75) is 44.9 Å². The number of aliphatic hydroxyl groups is 1. The summed E-state index contributed by atoms with van der Waals surface area (Å²) < 4.78 is 5.87. The molecule has 0 saturated heterocycles. The van der Waals surface area contributed by atoms with Crippen molar-refractivity contribution in [3.63, 3.8) is 0 Å². The third kappa shape index (κ3) is 4.72. The fourth-order valence-electron chi connectivity index (χ4n) is 3.52. The summed E-state index contributed by atoms with van der Waals surface area (Å²) in [6.07, 6.45) is -0.218. The van der Waals surface area contributed by atoms with Crippen molar-refractivity contribution in [3.05, 3.63) is 62.7 Å². The molecule has 0 bridgehead atoms. The average Bonchev–Trinajstić information content (AvgIpc) is 2.65. The molecule has 160 valence electrons. The van der Waals surface area contributed by atoms with E-state index < -0.39 is 28.6 Å². The molecule has 0 fully saturated rings. The number of hydrogen-bond donors (Lipinski definition) is 3. The van der Waals surface area contributed by atoms with Gasteiger partial charge >= 0.3 is 0 Å². The van der Waals surface area contributed by atoms with Crippen LogP contribution in [0.1, 0.15) is 37.9 Å². The topological polar surface area (TPSA) is 114 Å². The van der Waals surface area contributed by atoms with Gasteiger partial charge in [-0.1, -0.05) is 23.7 Å². The highest BCUT2D eigenvalue weighted by molar-refractivity contribution is 6.30. The molecule has 8 nitrogen and oxygen atoms in total. The molecule has 2 aromatic carbocycles. The molecule has 0 radical (unpaired) electrons. The van der Waals surface area contributed by atoms with Gasteiger partial charge in [0, 0.05) is 17.5 Å². The fourth-order valence-corrected chi connectivity index (χ4v) is 3.64. The number of nitro groups is 1. The minimum Gasteiger partial charge on any atom is -0.484 e. The number of nitro benzene ring substituents is 1. The highest BCUT2D eigenvalue weighted by atomic mass is 35.5. The summed E-state index contributed by atoms with van der Waals surface area (Å²) in [4.78, 5) is 22.4. The van der Waals surface area contributed by atoms with Gasteiger partial charge in [0.05, 0.1) is 17.0 Å². The third-order valence-corrected chi connectivity index (χ3v) is 5.31. The Kier molecular flexibility index (Phi) is 6.30. The van der Waals surface area contributed by atoms with Crippen molar-refractivity contribution in [2.75, 3.05) is 11.9 Å². The number of nitrogens with one attached hydrogen (secondary N) is 2. The molecular formula is C21H24ClN3O5. The largest absolute Gasteiger partial charge is 0.484 e. The number of amides is 1. The van der Waals surface area contributed by atoms with Gasteiger partial charge in [-0.2, -0.15) is 0 Å². The van der Waals surface area contributed by atoms with E-state index in [1.54, 1.807) is 13.8 Å². The molecule has 1 aliphatic rings. The lowest BCUT2D eigenvalue weighted by molar-refractivity contribution is -0.384. The zero-order valence-electron chi connectivity index (χ0n) is 16.9. The van der Waals surface area contributed by atoms with E-state index in [9.17, 15) is 20.0 Å². The van der Waals surface area contributed by atoms with E-state index in [0.717, 1.165) is 5.56 Å². The Morgan fingerprint density at radius 2 is 1.97 bits per heavy atom. The van der Waals surface area contributed by atoms with Gasteiger partial charge in [0.1, 0.15) is 23.1 Å². The van der Waals surface area contributed by atoms with E-state index >= 15 is 0 Å². The van der Waals surface area contributed by atoms with Crippen LogP contribution in [0.2, 0.25) is 5.02 Å². The number of halogens is 1. The van der Waals surface area contributed by atoms with Gasteiger partial charge in [0.15, 0.2) is 0 Å². The van der Waals surface area contributed by atoms with Crippen LogP contribution < -0.4 is 15.4 Å². The summed E-state index contributed by atoms with van der Waals surface area (Å²) in [7, 11) is 0. The fraction of sp³-hybridized carbons (Fsp3) is 0.381. The number of nitrogens with zero attached hydrogens (tertiary/aromatic N) is 1. The van der Waals surface area contributed by atoms with Crippen molar-refractivity contribution in [1.82, 2.24) is 5.32 Å². The van der Waals surface area contributed by atoms with Crippen LogP contribution in [0, 0.1) is 10.1 Å². The van der Waals surface area contributed by atoms with Gasteiger partial charge in [-0.25, -0.2) is 0 Å². The van der Waals surface area contributed by atoms with E-state index in [2.05, 4.69) is 10.6 Å². The SMILES string of the molecule is CC(=O)Nc1cc2c(cc1[N+](=O)[O-])OC(C)(C)[C@@H](O)[C@@H]2NCCc1ccc(Cl)cc1. The summed E-state index contributed by atoms with van der Waals surface area (Å²) in [6, 6.07) is 9.75. The first-order valence-electron chi connectivity index (χ1n) is 9.53. The van der Waals surface area contributed by atoms with Gasteiger partial charge in [-0.15, -0.1) is 0 Å². The Labute approximate surface area is 179 Å². The van der Waals surface area contributed by atoms with E-state index in [4.69, 9.17) is 16.3 Å². The molecule has 3 rings (SSSR count). The van der Waals surface area contributed by atoms with Crippen molar-refractivity contribution < 1.29 is 19.6 Å². The third-order valence-electron chi connectivity index (χ3n) is 5.06. The average molecular weight is 434 g/mol. The number of carbonyl (C=O) groups excluding carboxylic acids is 1. The molecule has 2 atom stereocenters. The van der Waals surface area contributed by atoms with E-state index in [1.807, 2.05) is 24.3 Å². The Balaban J connectivity index is 1.91. The Hall–Kier alpha value is -2.68. The summed E-state index contributed by atoms with van der Waals surface area (Å²) >= 11 is 5.92. The van der Waals surface area contributed by atoms with E-state index in [0.29, 0.717) is 29.3 Å². The van der Waals surface area contributed by atoms with E-state index in [1.165, 1.54) is 19.1 Å². The molecule has 1 heterocycles. The quantitative estimate of drug-likeness (QED) is 0.473. The summed E-state index contributed by atoms with van der Waals surface area (Å²) in [5.74, 6) is -0.127. The second-order valence-corrected chi connectivity index (χ2v) is 8.24. The molecule has 0 aromatic heterocycles. The molecule has 1 aliphatic heterocycles. The first-order valence-corrected chi connectivity index (χ1v) is 9.91. The van der Waals surface area contributed by atoms with Crippen molar-refractivity contribution >= 4 is 28.9 Å². The number of fused-ring (bicyclic) bond motifs is 1. The first-order chi connectivity index (χ1) is 14.1. The normalized spacial score (nSPS) is 19.5. The zero-order chi connectivity index (χ0) is 22.1. The number of anilines is 1. The van der Waals surface area contributed by atoms with Crippen LogP contribution in [-0.2, 0) is 11.2 Å². The summed E-state index contributed by atoms with van der Waals surface area (Å²) in [5, 5.41) is 28.9. The number of benzene rings is 2. The summed E-state index contributed by atoms with van der Waals surface area (Å²) in [5.41, 5.74) is 0.457. The molecule has 3 N–H and O–H groups in total. The molecule has 2 aromatic rings. The second kappa shape index (κ2) is 8.59. The molecule has 30 heavy (non-hydrogen) atoms. The molecule has 0 unspecified atom stereocenters. The van der Waals surface area contributed by atoms with Crippen LogP contribution in [0.4, 0.5) is 11.4 Å². The van der Waals surface area contributed by atoms with Gasteiger partial charge in [-0.3, -0.25) is 14.9 Å². The maximum atomic E-state index is 11.5. The lowest BCUT2D eigenvalue weighted by Gasteiger charge is -2.42. The molecule has 9 heteroatoms. The molecule has 0 spiro atoms. The van der Waals surface area contributed by atoms with Crippen molar-refractivity contribution in [1.29, 1.82) is 0 Å². The van der Waals surface area contributed by atoms with Crippen molar-refractivity contribution in [2.24, 2.45) is 0 Å². The zero-order valence-corrected chi connectivity index (χ0v) is 17.7. The highest BCUT2D eigenvalue weighted by Crippen LogP contribution is 2.44. The van der Waals surface area contributed by atoms with E-state index in [-0.39, 0.29) is 11.4 Å². The van der Waals surface area contributed by atoms with Gasteiger partial charge in [0.25, 0.3) is 5.69 Å². The summed E-state index contributed by atoms with van der Waals surface area (Å²) in [6.45, 7) is 5.27. The maximum Gasteiger partial charge on any atom is 0.296 e. The highest BCUT2D eigenvalue weighted by Gasteiger charge is 2.43. The lowest BCUT2D eigenvalue weighted by atomic mass is 9.86.